The van der Waals surface area contributed by atoms with Crippen molar-refractivity contribution in [3.05, 3.63) is 35.8 Å². The number of carboxylic acid groups (broad SMARTS) is 1. The van der Waals surface area contributed by atoms with E-state index in [0.717, 1.165) is 31.7 Å². The highest BCUT2D eigenvalue weighted by Crippen LogP contribution is 2.31. The molecule has 0 amide bonds. The van der Waals surface area contributed by atoms with E-state index in [1.807, 2.05) is 6.92 Å². The number of nitrogens with zero attached hydrogens (tertiary/aromatic N) is 3. The van der Waals surface area contributed by atoms with Gasteiger partial charge in [-0.2, -0.15) is 0 Å². The number of rotatable bonds is 5. The number of aromatic carboxylic acids is 1. The molecule has 2 atom stereocenters. The summed E-state index contributed by atoms with van der Waals surface area (Å²) in [6, 6.07) is 3.76. The van der Waals surface area contributed by atoms with Gasteiger partial charge in [-0.1, -0.05) is 18.1 Å². The first kappa shape index (κ1) is 16.6. The molecule has 0 radical (unpaired) electrons. The molecule has 0 saturated heterocycles. The molecule has 3 rings (SSSR count). The summed E-state index contributed by atoms with van der Waals surface area (Å²) >= 11 is 0. The fourth-order valence-corrected chi connectivity index (χ4v) is 3.22. The summed E-state index contributed by atoms with van der Waals surface area (Å²) in [5, 5.41) is 17.3. The zero-order valence-electron chi connectivity index (χ0n) is 13.5. The molecule has 1 aromatic heterocycles. The Labute approximate surface area is 139 Å². The van der Waals surface area contributed by atoms with Crippen LogP contribution < -0.4 is 0 Å². The average Bonchev–Trinajstić information content (AvgIpc) is 3.05. The van der Waals surface area contributed by atoms with Crippen LogP contribution in [0.1, 0.15) is 49.0 Å². The van der Waals surface area contributed by atoms with Crippen molar-refractivity contribution in [2.24, 2.45) is 0 Å². The minimum Gasteiger partial charge on any atom is -0.478 e. The van der Waals surface area contributed by atoms with Crippen LogP contribution in [0.2, 0.25) is 0 Å². The third kappa shape index (κ3) is 3.46. The van der Waals surface area contributed by atoms with Crippen molar-refractivity contribution in [1.29, 1.82) is 0 Å². The van der Waals surface area contributed by atoms with Crippen LogP contribution in [-0.4, -0.2) is 38.8 Å². The van der Waals surface area contributed by atoms with Gasteiger partial charge in [0.2, 0.25) is 0 Å². The predicted octanol–water partition coefficient (Wildman–Crippen LogP) is 3.30. The lowest BCUT2D eigenvalue weighted by Gasteiger charge is -2.30. The molecule has 1 aromatic carbocycles. The molecule has 24 heavy (non-hydrogen) atoms. The zero-order chi connectivity index (χ0) is 17.1. The SMILES string of the molecule is CCO[C@@H]1CCCC[C@H]1n1cc(-c2cc(F)cc(C(=O)O)c2)nn1. The van der Waals surface area contributed by atoms with Gasteiger partial charge in [0.15, 0.2) is 0 Å². The second-order valence-electron chi connectivity index (χ2n) is 5.96. The van der Waals surface area contributed by atoms with Crippen LogP contribution in [0.3, 0.4) is 0 Å². The van der Waals surface area contributed by atoms with Crippen molar-refractivity contribution < 1.29 is 19.0 Å². The molecule has 0 spiro atoms. The largest absolute Gasteiger partial charge is 0.478 e. The fraction of sp³-hybridized carbons (Fsp3) is 0.471. The molecule has 0 unspecified atom stereocenters. The standard InChI is InChI=1S/C17H20FN3O3/c1-2-24-16-6-4-3-5-15(16)21-10-14(19-20-21)11-7-12(17(22)23)9-13(18)8-11/h7-10,15-16H,2-6H2,1H3,(H,22,23)/t15-,16-/m1/s1. The Bertz CT molecular complexity index is 730. The Balaban J connectivity index is 1.89. The van der Waals surface area contributed by atoms with Crippen LogP contribution in [0.5, 0.6) is 0 Å². The molecule has 6 nitrogen and oxygen atoms in total. The molecule has 1 aliphatic carbocycles. The van der Waals surface area contributed by atoms with Crippen LogP contribution >= 0.6 is 0 Å². The van der Waals surface area contributed by atoms with Crippen LogP contribution in [0.15, 0.2) is 24.4 Å². The molecular formula is C17H20FN3O3. The minimum absolute atomic E-state index is 0.0976. The van der Waals surface area contributed by atoms with Gasteiger partial charge in [-0.15, -0.1) is 5.10 Å². The van der Waals surface area contributed by atoms with E-state index in [4.69, 9.17) is 9.84 Å². The first-order chi connectivity index (χ1) is 11.6. The maximum atomic E-state index is 13.7. The van der Waals surface area contributed by atoms with Crippen molar-refractivity contribution in [1.82, 2.24) is 15.0 Å². The second kappa shape index (κ2) is 7.09. The quantitative estimate of drug-likeness (QED) is 0.908. The maximum Gasteiger partial charge on any atom is 0.335 e. The molecule has 1 N–H and O–H groups in total. The maximum absolute atomic E-state index is 13.7. The Kier molecular flexibility index (Phi) is 4.89. The average molecular weight is 333 g/mol. The van der Waals surface area contributed by atoms with Crippen LogP contribution in [0.4, 0.5) is 4.39 Å². The van der Waals surface area contributed by atoms with E-state index in [9.17, 15) is 9.18 Å². The van der Waals surface area contributed by atoms with E-state index >= 15 is 0 Å². The van der Waals surface area contributed by atoms with Gasteiger partial charge in [0.1, 0.15) is 11.5 Å². The minimum atomic E-state index is -1.17. The van der Waals surface area contributed by atoms with E-state index < -0.39 is 11.8 Å². The van der Waals surface area contributed by atoms with Crippen LogP contribution in [-0.2, 0) is 4.74 Å². The Morgan fingerprint density at radius 2 is 2.17 bits per heavy atom. The number of halogens is 1. The monoisotopic (exact) mass is 333 g/mol. The summed E-state index contributed by atoms with van der Waals surface area (Å²) in [6.45, 7) is 2.62. The van der Waals surface area contributed by atoms with Gasteiger partial charge < -0.3 is 9.84 Å². The molecule has 1 aliphatic rings. The molecular weight excluding hydrogens is 313 g/mol. The molecule has 1 fully saturated rings. The van der Waals surface area contributed by atoms with Crippen molar-refractivity contribution in [2.45, 2.75) is 44.8 Å². The van der Waals surface area contributed by atoms with E-state index in [0.29, 0.717) is 17.9 Å². The smallest absolute Gasteiger partial charge is 0.335 e. The topological polar surface area (TPSA) is 77.2 Å². The molecule has 2 aromatic rings. The summed E-state index contributed by atoms with van der Waals surface area (Å²) in [4.78, 5) is 11.1. The number of benzene rings is 1. The number of ether oxygens (including phenoxy) is 1. The van der Waals surface area contributed by atoms with Gasteiger partial charge in [-0.3, -0.25) is 0 Å². The van der Waals surface area contributed by atoms with Crippen molar-refractivity contribution >= 4 is 5.97 Å². The van der Waals surface area contributed by atoms with Crippen molar-refractivity contribution in [3.8, 4) is 11.3 Å². The summed E-state index contributed by atoms with van der Waals surface area (Å²) in [5.74, 6) is -1.78. The Morgan fingerprint density at radius 3 is 2.92 bits per heavy atom. The third-order valence-corrected chi connectivity index (χ3v) is 4.34. The lowest BCUT2D eigenvalue weighted by Crippen LogP contribution is -2.30. The highest BCUT2D eigenvalue weighted by atomic mass is 19.1. The first-order valence-electron chi connectivity index (χ1n) is 8.16. The van der Waals surface area contributed by atoms with E-state index in [1.54, 1.807) is 10.9 Å². The van der Waals surface area contributed by atoms with Gasteiger partial charge in [-0.05, 0) is 38.0 Å². The lowest BCUT2D eigenvalue weighted by molar-refractivity contribution is -0.00333. The molecule has 1 heterocycles. The number of carboxylic acids is 1. The summed E-state index contributed by atoms with van der Waals surface area (Å²) in [7, 11) is 0. The lowest BCUT2D eigenvalue weighted by atomic mass is 9.92. The molecule has 0 bridgehead atoms. The van der Waals surface area contributed by atoms with Gasteiger partial charge in [-0.25, -0.2) is 13.9 Å². The zero-order valence-corrected chi connectivity index (χ0v) is 13.5. The van der Waals surface area contributed by atoms with Gasteiger partial charge in [0.05, 0.1) is 23.9 Å². The van der Waals surface area contributed by atoms with Gasteiger partial charge in [0.25, 0.3) is 0 Å². The van der Waals surface area contributed by atoms with Gasteiger partial charge >= 0.3 is 5.97 Å². The van der Waals surface area contributed by atoms with E-state index in [1.165, 1.54) is 12.1 Å². The van der Waals surface area contributed by atoms with Crippen molar-refractivity contribution in [3.63, 3.8) is 0 Å². The highest BCUT2D eigenvalue weighted by Gasteiger charge is 2.28. The van der Waals surface area contributed by atoms with Crippen LogP contribution in [0.25, 0.3) is 11.3 Å². The van der Waals surface area contributed by atoms with E-state index in [2.05, 4.69) is 10.3 Å². The molecule has 1 saturated carbocycles. The second-order valence-corrected chi connectivity index (χ2v) is 5.96. The molecule has 128 valence electrons. The number of hydrogen-bond donors (Lipinski definition) is 1. The van der Waals surface area contributed by atoms with E-state index in [-0.39, 0.29) is 17.7 Å². The van der Waals surface area contributed by atoms with Crippen molar-refractivity contribution in [2.75, 3.05) is 6.61 Å². The highest BCUT2D eigenvalue weighted by molar-refractivity contribution is 5.89. The molecule has 7 heteroatoms. The summed E-state index contributed by atoms with van der Waals surface area (Å²) in [5.41, 5.74) is 0.754. The number of aromatic nitrogens is 3. The normalized spacial score (nSPS) is 20.9. The first-order valence-corrected chi connectivity index (χ1v) is 8.16. The Morgan fingerprint density at radius 1 is 1.38 bits per heavy atom. The summed E-state index contributed by atoms with van der Waals surface area (Å²) in [6.07, 6.45) is 6.01. The third-order valence-electron chi connectivity index (χ3n) is 4.34. The van der Waals surface area contributed by atoms with Crippen LogP contribution in [0, 0.1) is 5.82 Å². The predicted molar refractivity (Wildman–Crippen MR) is 85.3 cm³/mol. The summed E-state index contributed by atoms with van der Waals surface area (Å²) < 4.78 is 21.2. The number of hydrogen-bond acceptors (Lipinski definition) is 4. The number of carbonyl (C=O) groups is 1. The Hall–Kier alpha value is -2.28. The fourth-order valence-electron chi connectivity index (χ4n) is 3.22. The molecule has 0 aliphatic heterocycles. The van der Waals surface area contributed by atoms with Gasteiger partial charge in [0, 0.05) is 12.2 Å².